The van der Waals surface area contributed by atoms with E-state index in [0.717, 1.165) is 31.6 Å². The number of halogens is 1. The molecule has 154 valence electrons. The zero-order valence-electron chi connectivity index (χ0n) is 15.9. The third-order valence-electron chi connectivity index (χ3n) is 3.56. The number of hydrogen-bond donors (Lipinski definition) is 1. The Balaban J connectivity index is 0.000000584. The lowest BCUT2D eigenvalue weighted by Crippen LogP contribution is -2.48. The summed E-state index contributed by atoms with van der Waals surface area (Å²) >= 11 is 0. The summed E-state index contributed by atoms with van der Waals surface area (Å²) in [7, 11) is 4.38. The largest absolute Gasteiger partial charge is 0.343 e. The Hall–Kier alpha value is -1.80. The highest BCUT2D eigenvalue weighted by molar-refractivity contribution is 7.13. The van der Waals surface area contributed by atoms with E-state index in [1.807, 2.05) is 49.0 Å². The molecule has 1 N–H and O–H groups in total. The summed E-state index contributed by atoms with van der Waals surface area (Å²) in [5, 5.41) is 1.47. The molecular formula is C17H30FN4O4P. The van der Waals surface area contributed by atoms with E-state index in [-0.39, 0.29) is 10.7 Å². The molecule has 3 amide bonds. The second-order valence-corrected chi connectivity index (χ2v) is 6.52. The first kappa shape index (κ1) is 25.2. The molecule has 0 saturated carbocycles. The normalized spacial score (nSPS) is 13.6. The molecule has 1 unspecified atom stereocenters. The van der Waals surface area contributed by atoms with Crippen molar-refractivity contribution >= 4 is 21.8 Å². The fourth-order valence-electron chi connectivity index (χ4n) is 2.18. The van der Waals surface area contributed by atoms with E-state index in [2.05, 4.69) is 19.7 Å². The molecule has 0 bridgehead atoms. The van der Waals surface area contributed by atoms with Crippen LogP contribution in [0.1, 0.15) is 18.9 Å². The minimum atomic E-state index is -0.0188. The van der Waals surface area contributed by atoms with Crippen LogP contribution in [-0.2, 0) is 21.1 Å². The molecule has 1 aliphatic rings. The van der Waals surface area contributed by atoms with E-state index in [0.29, 0.717) is 26.2 Å². The number of hydrogen-bond acceptors (Lipinski definition) is 5. The van der Waals surface area contributed by atoms with Crippen molar-refractivity contribution in [1.29, 1.82) is 0 Å². The van der Waals surface area contributed by atoms with Crippen molar-refractivity contribution in [3.63, 3.8) is 0 Å². The Labute approximate surface area is 162 Å². The van der Waals surface area contributed by atoms with Crippen LogP contribution in [0.15, 0.2) is 30.3 Å². The number of benzene rings is 1. The van der Waals surface area contributed by atoms with Crippen molar-refractivity contribution in [2.45, 2.75) is 20.0 Å². The van der Waals surface area contributed by atoms with Crippen molar-refractivity contribution < 1.29 is 24.0 Å². The topological polar surface area (TPSA) is 74.3 Å². The predicted molar refractivity (Wildman–Crippen MR) is 105 cm³/mol. The van der Waals surface area contributed by atoms with Gasteiger partial charge in [-0.1, -0.05) is 39.7 Å². The minimum Gasteiger partial charge on any atom is -0.323 e. The van der Waals surface area contributed by atoms with Crippen LogP contribution < -0.4 is 5.48 Å². The maximum Gasteiger partial charge on any atom is 0.343 e. The van der Waals surface area contributed by atoms with Crippen LogP contribution >= 0.6 is 9.39 Å². The lowest BCUT2D eigenvalue weighted by molar-refractivity contribution is -0.145. The lowest BCUT2D eigenvalue weighted by atomic mass is 10.2. The third kappa shape index (κ3) is 10.8. The smallest absolute Gasteiger partial charge is 0.323 e. The number of nitrogens with one attached hydrogen (secondary N) is 1. The van der Waals surface area contributed by atoms with Crippen LogP contribution in [0.3, 0.4) is 0 Å². The van der Waals surface area contributed by atoms with E-state index < -0.39 is 0 Å². The summed E-state index contributed by atoms with van der Waals surface area (Å²) in [5.74, 6) is 0. The zero-order valence-corrected chi connectivity index (χ0v) is 17.0. The summed E-state index contributed by atoms with van der Waals surface area (Å²) in [5.41, 5.74) is 3.16. The van der Waals surface area contributed by atoms with Gasteiger partial charge in [0.25, 0.3) is 0 Å². The molecular weight excluding hydrogens is 374 g/mol. The van der Waals surface area contributed by atoms with Crippen molar-refractivity contribution in [2.24, 2.45) is 0 Å². The molecule has 0 spiro atoms. The first-order valence-corrected chi connectivity index (χ1v) is 9.10. The first-order valence-electron chi connectivity index (χ1n) is 8.58. The van der Waals surface area contributed by atoms with Gasteiger partial charge in [-0.3, -0.25) is 23.8 Å². The van der Waals surface area contributed by atoms with Crippen LogP contribution in [0.5, 0.6) is 0 Å². The number of likely N-dealkylation sites (N-methyl/N-ethyl adjacent to an activating group) is 1. The highest BCUT2D eigenvalue weighted by Crippen LogP contribution is 2.11. The van der Waals surface area contributed by atoms with E-state index in [1.54, 1.807) is 4.90 Å². The van der Waals surface area contributed by atoms with Gasteiger partial charge in [-0.25, -0.2) is 15.3 Å². The van der Waals surface area contributed by atoms with Crippen molar-refractivity contribution in [3.05, 3.63) is 35.9 Å². The summed E-state index contributed by atoms with van der Waals surface area (Å²) < 4.78 is 1.88. The van der Waals surface area contributed by atoms with Gasteiger partial charge in [0.05, 0.1) is 13.2 Å². The molecule has 0 aromatic heterocycles. The first-order chi connectivity index (χ1) is 12.6. The number of amides is 3. The van der Waals surface area contributed by atoms with Gasteiger partial charge in [-0.05, 0) is 26.0 Å². The Morgan fingerprint density at radius 3 is 2.59 bits per heavy atom. The molecule has 1 fully saturated rings. The molecule has 27 heavy (non-hydrogen) atoms. The summed E-state index contributed by atoms with van der Waals surface area (Å²) in [6.07, 6.45) is 1.47. The molecule has 1 aromatic rings. The fourth-order valence-corrected chi connectivity index (χ4v) is 2.28. The zero-order chi connectivity index (χ0) is 19.2. The van der Waals surface area contributed by atoms with Crippen molar-refractivity contribution in [2.75, 3.05) is 39.8 Å². The fraction of sp³-hybridized carbons (Fsp3) is 0.529. The summed E-state index contributed by atoms with van der Waals surface area (Å²) in [6, 6.07) is 9.87. The van der Waals surface area contributed by atoms with Gasteiger partial charge in [0.15, 0.2) is 0 Å². The van der Waals surface area contributed by atoms with Crippen molar-refractivity contribution in [1.82, 2.24) is 20.1 Å². The SMILES string of the molecule is CCN1CCCN(OCc2ccccc2)C1=O.CN(P)CCONC=O.F. The van der Waals surface area contributed by atoms with Crippen LogP contribution in [0.2, 0.25) is 0 Å². The van der Waals surface area contributed by atoms with Gasteiger partial charge in [-0.15, -0.1) is 0 Å². The van der Waals surface area contributed by atoms with Gasteiger partial charge < -0.3 is 4.90 Å². The lowest BCUT2D eigenvalue weighted by Gasteiger charge is -2.33. The van der Waals surface area contributed by atoms with Crippen LogP contribution in [0.25, 0.3) is 0 Å². The minimum absolute atomic E-state index is 0. The van der Waals surface area contributed by atoms with Crippen molar-refractivity contribution in [3.8, 4) is 0 Å². The van der Waals surface area contributed by atoms with Gasteiger partial charge in [0.1, 0.15) is 6.61 Å². The number of hydroxylamine groups is 3. The van der Waals surface area contributed by atoms with Crippen LogP contribution in [0, 0.1) is 0 Å². The van der Waals surface area contributed by atoms with Gasteiger partial charge in [-0.2, -0.15) is 0 Å². The molecule has 1 aliphatic heterocycles. The second-order valence-electron chi connectivity index (χ2n) is 5.64. The summed E-state index contributed by atoms with van der Waals surface area (Å²) in [4.78, 5) is 33.5. The molecule has 2 rings (SSSR count). The third-order valence-corrected chi connectivity index (χ3v) is 3.82. The number of carbonyl (C=O) groups excluding carboxylic acids is 2. The Bertz CT molecular complexity index is 525. The second kappa shape index (κ2) is 15.3. The molecule has 0 radical (unpaired) electrons. The van der Waals surface area contributed by atoms with E-state index in [1.165, 1.54) is 5.06 Å². The standard InChI is InChI=1S/C13H18N2O2.C4H11N2O2P.FH/c1-2-14-9-6-10-15(13(14)16)17-11-12-7-4-3-5-8-12;1-6(9)2-3-8-5-4-7;/h3-5,7-8H,2,6,9-11H2,1H3;4H,2-3,9H2,1H3,(H,5,7);1H. The van der Waals surface area contributed by atoms with Crippen LogP contribution in [0.4, 0.5) is 9.50 Å². The average molecular weight is 404 g/mol. The van der Waals surface area contributed by atoms with Gasteiger partial charge >= 0.3 is 6.03 Å². The Kier molecular flexibility index (Phi) is 14.3. The van der Waals surface area contributed by atoms with E-state index in [9.17, 15) is 9.59 Å². The highest BCUT2D eigenvalue weighted by atomic mass is 31.0. The molecule has 8 nitrogen and oxygen atoms in total. The Morgan fingerprint density at radius 2 is 2.00 bits per heavy atom. The average Bonchev–Trinajstić information content (AvgIpc) is 2.66. The number of urea groups is 1. The molecule has 1 aromatic carbocycles. The predicted octanol–water partition coefficient (Wildman–Crippen LogP) is 1.80. The maximum atomic E-state index is 11.9. The molecule has 1 atom stereocenters. The monoisotopic (exact) mass is 404 g/mol. The van der Waals surface area contributed by atoms with Gasteiger partial charge in [0.2, 0.25) is 6.41 Å². The summed E-state index contributed by atoms with van der Waals surface area (Å²) in [6.45, 7) is 5.96. The van der Waals surface area contributed by atoms with E-state index >= 15 is 0 Å². The highest BCUT2D eigenvalue weighted by Gasteiger charge is 2.25. The van der Waals surface area contributed by atoms with E-state index in [4.69, 9.17) is 4.84 Å². The molecule has 1 saturated heterocycles. The Morgan fingerprint density at radius 1 is 1.30 bits per heavy atom. The molecule has 1 heterocycles. The quantitative estimate of drug-likeness (QED) is 0.294. The number of carbonyl (C=O) groups is 2. The number of rotatable bonds is 9. The van der Waals surface area contributed by atoms with Crippen LogP contribution in [-0.4, -0.2) is 66.9 Å². The maximum absolute atomic E-state index is 11.9. The van der Waals surface area contributed by atoms with Gasteiger partial charge in [0, 0.05) is 19.6 Å². The number of nitrogens with zero attached hydrogens (tertiary/aromatic N) is 3. The molecule has 0 aliphatic carbocycles. The molecule has 10 heteroatoms.